The van der Waals surface area contributed by atoms with E-state index in [1.165, 1.54) is 0 Å². The van der Waals surface area contributed by atoms with Crippen LogP contribution in [-0.4, -0.2) is 75.1 Å². The number of aliphatic carboxylic acids is 1. The topological polar surface area (TPSA) is 127 Å². The lowest BCUT2D eigenvalue weighted by Crippen LogP contribution is -2.62. The van der Waals surface area contributed by atoms with Crippen LogP contribution in [0.4, 0.5) is 4.79 Å². The number of nitrogens with zero attached hydrogens (tertiary/aromatic N) is 2. The molecule has 2 aliphatic rings. The number of likely N-dealkylation sites (tertiary alicyclic amines) is 1. The first-order valence-electron chi connectivity index (χ1n) is 6.67. The summed E-state index contributed by atoms with van der Waals surface area (Å²) in [5.41, 5.74) is 0. The van der Waals surface area contributed by atoms with Gasteiger partial charge in [-0.25, -0.2) is 9.59 Å². The molecule has 2 heterocycles. The number of carboxylic acids is 1. The molecule has 2 saturated heterocycles. The number of piperazine rings is 1. The van der Waals surface area contributed by atoms with Crippen LogP contribution in [0.3, 0.4) is 0 Å². The Labute approximate surface area is 120 Å². The van der Waals surface area contributed by atoms with Crippen molar-refractivity contribution in [1.29, 1.82) is 0 Å². The molecule has 2 rings (SSSR count). The van der Waals surface area contributed by atoms with Crippen molar-refractivity contribution in [2.75, 3.05) is 13.1 Å². The number of aliphatic hydroxyl groups excluding tert-OH is 1. The second-order valence-corrected chi connectivity index (χ2v) is 5.14. The maximum absolute atomic E-state index is 12.5. The van der Waals surface area contributed by atoms with Gasteiger partial charge in [0.15, 0.2) is 0 Å². The van der Waals surface area contributed by atoms with Crippen LogP contribution in [0, 0.1) is 0 Å². The van der Waals surface area contributed by atoms with Crippen molar-refractivity contribution in [2.24, 2.45) is 0 Å². The number of urea groups is 1. The number of carboxylic acid groups (broad SMARTS) is 1. The number of β-amino-alcohol motifs (C(OH)–C–C–N with tert-alkyl or cyclic N) is 1. The van der Waals surface area contributed by atoms with Gasteiger partial charge in [-0.05, 0) is 6.42 Å². The lowest BCUT2D eigenvalue weighted by molar-refractivity contribution is -0.141. The fourth-order valence-electron chi connectivity index (χ4n) is 2.70. The van der Waals surface area contributed by atoms with Gasteiger partial charge in [0.1, 0.15) is 18.6 Å². The first kappa shape index (κ1) is 15.2. The van der Waals surface area contributed by atoms with Crippen molar-refractivity contribution in [3.05, 3.63) is 0 Å². The maximum Gasteiger partial charge on any atom is 0.326 e. The van der Waals surface area contributed by atoms with E-state index in [2.05, 4.69) is 5.32 Å². The van der Waals surface area contributed by atoms with Crippen LogP contribution in [-0.2, 0) is 14.4 Å². The molecule has 21 heavy (non-hydrogen) atoms. The molecule has 0 aromatic rings. The first-order chi connectivity index (χ1) is 9.85. The molecule has 0 bridgehead atoms. The molecule has 2 fully saturated rings. The van der Waals surface area contributed by atoms with E-state index in [1.807, 2.05) is 0 Å². The molecular weight excluding hydrogens is 282 g/mol. The number of hydrogen-bond acceptors (Lipinski definition) is 5. The Morgan fingerprint density at radius 1 is 1.33 bits per heavy atom. The van der Waals surface area contributed by atoms with E-state index in [0.29, 0.717) is 6.42 Å². The predicted octanol–water partition coefficient (Wildman–Crippen LogP) is -1.64. The van der Waals surface area contributed by atoms with Crippen molar-refractivity contribution in [3.63, 3.8) is 0 Å². The summed E-state index contributed by atoms with van der Waals surface area (Å²) in [6, 6.07) is -2.68. The van der Waals surface area contributed by atoms with Gasteiger partial charge in [-0.3, -0.25) is 14.9 Å². The fraction of sp³-hybridized carbons (Fsp3) is 0.667. The summed E-state index contributed by atoms with van der Waals surface area (Å²) in [4.78, 5) is 48.9. The molecule has 0 spiro atoms. The summed E-state index contributed by atoms with van der Waals surface area (Å²) in [5, 5.41) is 20.8. The molecule has 116 valence electrons. The Morgan fingerprint density at radius 3 is 2.57 bits per heavy atom. The van der Waals surface area contributed by atoms with Gasteiger partial charge in [0.2, 0.25) is 11.8 Å². The number of aliphatic hydroxyl groups is 1. The Kier molecular flexibility index (Phi) is 4.12. The van der Waals surface area contributed by atoms with Crippen molar-refractivity contribution < 1.29 is 29.4 Å². The second kappa shape index (κ2) is 5.68. The minimum absolute atomic E-state index is 0.0636. The van der Waals surface area contributed by atoms with Crippen LogP contribution in [0.5, 0.6) is 0 Å². The highest BCUT2D eigenvalue weighted by atomic mass is 16.4. The zero-order valence-corrected chi connectivity index (χ0v) is 11.5. The molecule has 0 saturated carbocycles. The molecule has 9 nitrogen and oxygen atoms in total. The van der Waals surface area contributed by atoms with E-state index >= 15 is 0 Å². The minimum atomic E-state index is -1.22. The molecular formula is C12H17N3O6. The summed E-state index contributed by atoms with van der Waals surface area (Å²) in [6.07, 6.45) is -0.686. The highest BCUT2D eigenvalue weighted by molar-refractivity contribution is 6.04. The van der Waals surface area contributed by atoms with Gasteiger partial charge in [-0.1, -0.05) is 6.92 Å². The van der Waals surface area contributed by atoms with E-state index in [-0.39, 0.29) is 19.5 Å². The van der Waals surface area contributed by atoms with Gasteiger partial charge >= 0.3 is 12.0 Å². The average Bonchev–Trinajstić information content (AvgIpc) is 2.79. The molecule has 3 N–H and O–H groups in total. The number of nitrogens with one attached hydrogen (secondary N) is 1. The Bertz CT molecular complexity index is 493. The van der Waals surface area contributed by atoms with E-state index in [4.69, 9.17) is 5.11 Å². The summed E-state index contributed by atoms with van der Waals surface area (Å²) in [6.45, 7) is 1.26. The SMILES string of the molecule is CCC1C(=O)NC(=O)CN1C(=O)N1CC(O)CC1C(=O)O. The van der Waals surface area contributed by atoms with Crippen LogP contribution in [0.1, 0.15) is 19.8 Å². The van der Waals surface area contributed by atoms with Gasteiger partial charge in [-0.15, -0.1) is 0 Å². The summed E-state index contributed by atoms with van der Waals surface area (Å²) < 4.78 is 0. The van der Waals surface area contributed by atoms with Gasteiger partial charge in [0.05, 0.1) is 6.10 Å². The van der Waals surface area contributed by atoms with Gasteiger partial charge in [0, 0.05) is 13.0 Å². The normalized spacial score (nSPS) is 29.5. The van der Waals surface area contributed by atoms with Crippen molar-refractivity contribution in [2.45, 2.75) is 38.0 Å². The van der Waals surface area contributed by atoms with Crippen LogP contribution < -0.4 is 5.32 Å². The lowest BCUT2D eigenvalue weighted by Gasteiger charge is -2.36. The minimum Gasteiger partial charge on any atom is -0.480 e. The number of rotatable bonds is 2. The third-order valence-corrected chi connectivity index (χ3v) is 3.70. The lowest BCUT2D eigenvalue weighted by atomic mass is 10.1. The van der Waals surface area contributed by atoms with Gasteiger partial charge in [0.25, 0.3) is 0 Å². The number of carbonyl (C=O) groups excluding carboxylic acids is 3. The Balaban J connectivity index is 2.22. The monoisotopic (exact) mass is 299 g/mol. The van der Waals surface area contributed by atoms with Crippen LogP contribution >= 0.6 is 0 Å². The highest BCUT2D eigenvalue weighted by Crippen LogP contribution is 2.22. The van der Waals surface area contributed by atoms with Gasteiger partial charge < -0.3 is 20.0 Å². The van der Waals surface area contributed by atoms with Crippen molar-refractivity contribution >= 4 is 23.8 Å². The average molecular weight is 299 g/mol. The summed E-state index contributed by atoms with van der Waals surface area (Å²) in [5.74, 6) is -2.40. The highest BCUT2D eigenvalue weighted by Gasteiger charge is 2.44. The zero-order valence-electron chi connectivity index (χ0n) is 11.5. The molecule has 9 heteroatoms. The molecule has 3 unspecified atom stereocenters. The second-order valence-electron chi connectivity index (χ2n) is 5.14. The van der Waals surface area contributed by atoms with Crippen LogP contribution in [0.2, 0.25) is 0 Å². The van der Waals surface area contributed by atoms with Crippen LogP contribution in [0.25, 0.3) is 0 Å². The quantitative estimate of drug-likeness (QED) is 0.525. The largest absolute Gasteiger partial charge is 0.480 e. The molecule has 2 aliphatic heterocycles. The number of imide groups is 1. The van der Waals surface area contributed by atoms with Crippen molar-refractivity contribution in [1.82, 2.24) is 15.1 Å². The standard InChI is InChI=1S/C12H17N3O6/c1-2-7-10(18)13-9(17)5-15(7)12(21)14-4-6(16)3-8(14)11(19)20/h6-8,16H,2-5H2,1H3,(H,19,20)(H,13,17,18). The van der Waals surface area contributed by atoms with Crippen LogP contribution in [0.15, 0.2) is 0 Å². The van der Waals surface area contributed by atoms with E-state index in [9.17, 15) is 24.3 Å². The first-order valence-corrected chi connectivity index (χ1v) is 6.67. The maximum atomic E-state index is 12.5. The van der Waals surface area contributed by atoms with E-state index in [1.54, 1.807) is 6.92 Å². The zero-order chi connectivity index (χ0) is 15.7. The number of hydrogen-bond donors (Lipinski definition) is 3. The molecule has 0 aliphatic carbocycles. The molecule has 4 amide bonds. The van der Waals surface area contributed by atoms with E-state index in [0.717, 1.165) is 9.80 Å². The molecule has 0 aromatic heterocycles. The summed E-state index contributed by atoms with van der Waals surface area (Å²) >= 11 is 0. The third-order valence-electron chi connectivity index (χ3n) is 3.70. The smallest absolute Gasteiger partial charge is 0.326 e. The molecule has 3 atom stereocenters. The Morgan fingerprint density at radius 2 is 2.00 bits per heavy atom. The number of carbonyl (C=O) groups is 4. The fourth-order valence-corrected chi connectivity index (χ4v) is 2.70. The molecule has 0 radical (unpaired) electrons. The Hall–Kier alpha value is -2.16. The predicted molar refractivity (Wildman–Crippen MR) is 68.1 cm³/mol. The van der Waals surface area contributed by atoms with E-state index < -0.39 is 42.0 Å². The number of amides is 4. The third kappa shape index (κ3) is 2.82. The van der Waals surface area contributed by atoms with Crippen molar-refractivity contribution in [3.8, 4) is 0 Å². The summed E-state index contributed by atoms with van der Waals surface area (Å²) in [7, 11) is 0. The van der Waals surface area contributed by atoms with Gasteiger partial charge in [-0.2, -0.15) is 0 Å². The molecule has 0 aromatic carbocycles.